The maximum absolute atomic E-state index is 2.65. The first-order valence-electron chi connectivity index (χ1n) is 5.97. The van der Waals surface area contributed by atoms with Gasteiger partial charge in [-0.3, -0.25) is 4.90 Å². The summed E-state index contributed by atoms with van der Waals surface area (Å²) in [6, 6.07) is 11.7. The van der Waals surface area contributed by atoms with Crippen LogP contribution in [-0.4, -0.2) is 37.1 Å². The molecule has 1 saturated carbocycles. The van der Waals surface area contributed by atoms with Gasteiger partial charge in [0.25, 0.3) is 0 Å². The van der Waals surface area contributed by atoms with Gasteiger partial charge in [0, 0.05) is 37.9 Å². The average molecular weight is 202 g/mol. The third-order valence-electron chi connectivity index (χ3n) is 3.50. The van der Waals surface area contributed by atoms with Crippen LogP contribution in [0.4, 0.5) is 5.69 Å². The second kappa shape index (κ2) is 3.86. The first-order chi connectivity index (χ1) is 7.43. The maximum atomic E-state index is 2.65. The lowest BCUT2D eigenvalue weighted by Crippen LogP contribution is -2.47. The van der Waals surface area contributed by atoms with E-state index < -0.39 is 0 Å². The van der Waals surface area contributed by atoms with Crippen LogP contribution in [0.15, 0.2) is 30.3 Å². The zero-order valence-corrected chi connectivity index (χ0v) is 9.10. The number of piperazine rings is 1. The van der Waals surface area contributed by atoms with Gasteiger partial charge in [-0.2, -0.15) is 0 Å². The molecule has 0 atom stereocenters. The lowest BCUT2D eigenvalue weighted by molar-refractivity contribution is 0.248. The molecule has 1 heterocycles. The standard InChI is InChI=1S/C13H18N2/c1-2-4-12(5-3-1)14-8-10-15(11-9-14)13-6-7-13/h1-5,13H,6-11H2. The molecule has 1 aliphatic carbocycles. The predicted octanol–water partition coefficient (Wildman–Crippen LogP) is 1.97. The molecule has 0 N–H and O–H groups in total. The molecule has 2 nitrogen and oxygen atoms in total. The van der Waals surface area contributed by atoms with E-state index in [9.17, 15) is 0 Å². The molecule has 0 aromatic heterocycles. The molecule has 1 aromatic carbocycles. The Morgan fingerprint density at radius 3 is 2.13 bits per heavy atom. The molecule has 1 aromatic rings. The molecule has 1 aliphatic heterocycles. The van der Waals surface area contributed by atoms with Gasteiger partial charge < -0.3 is 4.90 Å². The zero-order valence-electron chi connectivity index (χ0n) is 9.10. The summed E-state index contributed by atoms with van der Waals surface area (Å²) in [5.41, 5.74) is 1.38. The topological polar surface area (TPSA) is 6.48 Å². The van der Waals surface area contributed by atoms with Crippen LogP contribution in [-0.2, 0) is 0 Å². The summed E-state index contributed by atoms with van der Waals surface area (Å²) in [7, 11) is 0. The van der Waals surface area contributed by atoms with Crippen LogP contribution in [0.3, 0.4) is 0 Å². The van der Waals surface area contributed by atoms with E-state index in [2.05, 4.69) is 40.1 Å². The van der Waals surface area contributed by atoms with Crippen molar-refractivity contribution >= 4 is 5.69 Å². The van der Waals surface area contributed by atoms with Crippen LogP contribution in [0.5, 0.6) is 0 Å². The Kier molecular flexibility index (Phi) is 2.37. The predicted molar refractivity (Wildman–Crippen MR) is 63.3 cm³/mol. The highest BCUT2D eigenvalue weighted by molar-refractivity contribution is 5.46. The third-order valence-corrected chi connectivity index (χ3v) is 3.50. The highest BCUT2D eigenvalue weighted by Crippen LogP contribution is 2.28. The van der Waals surface area contributed by atoms with Gasteiger partial charge >= 0.3 is 0 Å². The summed E-state index contributed by atoms with van der Waals surface area (Å²) < 4.78 is 0. The van der Waals surface area contributed by atoms with Gasteiger partial charge in [0.15, 0.2) is 0 Å². The summed E-state index contributed by atoms with van der Waals surface area (Å²) in [6.07, 6.45) is 2.87. The maximum Gasteiger partial charge on any atom is 0.0367 e. The second-order valence-corrected chi connectivity index (χ2v) is 4.59. The summed E-state index contributed by atoms with van der Waals surface area (Å²) in [4.78, 5) is 5.15. The molecule has 0 unspecified atom stereocenters. The van der Waals surface area contributed by atoms with Crippen LogP contribution in [0, 0.1) is 0 Å². The van der Waals surface area contributed by atoms with E-state index in [1.54, 1.807) is 0 Å². The Hall–Kier alpha value is -1.02. The van der Waals surface area contributed by atoms with Crippen molar-refractivity contribution in [2.45, 2.75) is 18.9 Å². The Morgan fingerprint density at radius 1 is 0.867 bits per heavy atom. The van der Waals surface area contributed by atoms with Crippen molar-refractivity contribution in [3.8, 4) is 0 Å². The summed E-state index contributed by atoms with van der Waals surface area (Å²) >= 11 is 0. The van der Waals surface area contributed by atoms with Crippen LogP contribution in [0.25, 0.3) is 0 Å². The monoisotopic (exact) mass is 202 g/mol. The highest BCUT2D eigenvalue weighted by atomic mass is 15.3. The van der Waals surface area contributed by atoms with E-state index in [1.165, 1.54) is 44.7 Å². The van der Waals surface area contributed by atoms with Crippen LogP contribution < -0.4 is 4.90 Å². The van der Waals surface area contributed by atoms with Crippen molar-refractivity contribution in [1.29, 1.82) is 0 Å². The van der Waals surface area contributed by atoms with E-state index in [1.807, 2.05) is 0 Å². The van der Waals surface area contributed by atoms with Crippen molar-refractivity contribution in [3.63, 3.8) is 0 Å². The fourth-order valence-electron chi connectivity index (χ4n) is 2.42. The Balaban J connectivity index is 1.61. The molecule has 80 valence electrons. The quantitative estimate of drug-likeness (QED) is 0.723. The number of benzene rings is 1. The highest BCUT2D eigenvalue weighted by Gasteiger charge is 2.30. The van der Waals surface area contributed by atoms with Gasteiger partial charge in [-0.1, -0.05) is 18.2 Å². The summed E-state index contributed by atoms with van der Waals surface area (Å²) in [5, 5.41) is 0. The molecule has 15 heavy (non-hydrogen) atoms. The zero-order chi connectivity index (χ0) is 10.1. The molecule has 2 heteroatoms. The summed E-state index contributed by atoms with van der Waals surface area (Å²) in [6.45, 7) is 4.89. The summed E-state index contributed by atoms with van der Waals surface area (Å²) in [5.74, 6) is 0. The normalized spacial score (nSPS) is 23.1. The van der Waals surface area contributed by atoms with Gasteiger partial charge in [0.1, 0.15) is 0 Å². The Morgan fingerprint density at radius 2 is 1.53 bits per heavy atom. The fourth-order valence-corrected chi connectivity index (χ4v) is 2.42. The minimum Gasteiger partial charge on any atom is -0.369 e. The minimum atomic E-state index is 0.933. The molecular formula is C13H18N2. The van der Waals surface area contributed by atoms with E-state index in [4.69, 9.17) is 0 Å². The molecule has 0 spiro atoms. The molecule has 2 aliphatic rings. The first-order valence-corrected chi connectivity index (χ1v) is 5.97. The molecule has 0 amide bonds. The number of rotatable bonds is 2. The van der Waals surface area contributed by atoms with Gasteiger partial charge in [-0.15, -0.1) is 0 Å². The molecule has 3 rings (SSSR count). The van der Waals surface area contributed by atoms with Gasteiger partial charge in [-0.05, 0) is 25.0 Å². The van der Waals surface area contributed by atoms with Crippen molar-refractivity contribution in [2.75, 3.05) is 31.1 Å². The van der Waals surface area contributed by atoms with Crippen molar-refractivity contribution < 1.29 is 0 Å². The number of anilines is 1. The number of hydrogen-bond acceptors (Lipinski definition) is 2. The second-order valence-electron chi connectivity index (χ2n) is 4.59. The molecule has 2 fully saturated rings. The first kappa shape index (κ1) is 9.22. The van der Waals surface area contributed by atoms with Gasteiger partial charge in [0.2, 0.25) is 0 Å². The Labute approximate surface area is 91.5 Å². The van der Waals surface area contributed by atoms with Gasteiger partial charge in [-0.25, -0.2) is 0 Å². The number of nitrogens with zero attached hydrogens (tertiary/aromatic N) is 2. The lowest BCUT2D eigenvalue weighted by Gasteiger charge is -2.36. The van der Waals surface area contributed by atoms with E-state index in [0.29, 0.717) is 0 Å². The lowest BCUT2D eigenvalue weighted by atomic mass is 10.2. The van der Waals surface area contributed by atoms with E-state index in [-0.39, 0.29) is 0 Å². The van der Waals surface area contributed by atoms with E-state index in [0.717, 1.165) is 6.04 Å². The largest absolute Gasteiger partial charge is 0.369 e. The number of para-hydroxylation sites is 1. The molecular weight excluding hydrogens is 184 g/mol. The average Bonchev–Trinajstić information content (AvgIpc) is 3.15. The Bertz CT molecular complexity index is 311. The van der Waals surface area contributed by atoms with Crippen molar-refractivity contribution in [1.82, 2.24) is 4.90 Å². The van der Waals surface area contributed by atoms with Crippen LogP contribution >= 0.6 is 0 Å². The van der Waals surface area contributed by atoms with Crippen LogP contribution in [0.2, 0.25) is 0 Å². The smallest absolute Gasteiger partial charge is 0.0367 e. The van der Waals surface area contributed by atoms with Crippen molar-refractivity contribution in [2.24, 2.45) is 0 Å². The SMILES string of the molecule is c1ccc(N2CCN(C3CC3)CC2)cc1. The van der Waals surface area contributed by atoms with Crippen molar-refractivity contribution in [3.05, 3.63) is 30.3 Å². The molecule has 0 radical (unpaired) electrons. The minimum absolute atomic E-state index is 0.933. The fraction of sp³-hybridized carbons (Fsp3) is 0.538. The molecule has 0 bridgehead atoms. The van der Waals surface area contributed by atoms with Crippen LogP contribution in [0.1, 0.15) is 12.8 Å². The van der Waals surface area contributed by atoms with Gasteiger partial charge in [0.05, 0.1) is 0 Å². The molecule has 1 saturated heterocycles. The third kappa shape index (κ3) is 2.00. The number of hydrogen-bond donors (Lipinski definition) is 0. The van der Waals surface area contributed by atoms with E-state index >= 15 is 0 Å².